The molecule has 0 spiro atoms. The molecule has 1 amide bonds. The maximum atomic E-state index is 11.2. The van der Waals surface area contributed by atoms with Crippen molar-refractivity contribution in [2.24, 2.45) is 0 Å². The number of nitrogens with zero attached hydrogens (tertiary/aromatic N) is 1. The summed E-state index contributed by atoms with van der Waals surface area (Å²) in [5.41, 5.74) is 3.75. The lowest BCUT2D eigenvalue weighted by molar-refractivity contribution is 0.0942. The molecule has 20 heavy (non-hydrogen) atoms. The van der Waals surface area contributed by atoms with Gasteiger partial charge in [-0.2, -0.15) is 0 Å². The topological polar surface area (TPSA) is 50.8 Å². The molecule has 1 N–H and O–H groups in total. The number of benzene rings is 1. The molecule has 5 heteroatoms. The van der Waals surface area contributed by atoms with E-state index in [0.29, 0.717) is 6.61 Å². The zero-order valence-corrected chi connectivity index (χ0v) is 12.5. The Labute approximate surface area is 119 Å². The summed E-state index contributed by atoms with van der Waals surface area (Å²) in [7, 11) is 5.31. The normalized spacial score (nSPS) is 18.3. The van der Waals surface area contributed by atoms with E-state index in [2.05, 4.69) is 36.3 Å². The van der Waals surface area contributed by atoms with Crippen LogP contribution in [0, 0.1) is 6.92 Å². The molecule has 1 aliphatic rings. The minimum absolute atomic E-state index is 0.201. The SMILES string of the molecule is CNC(=O)OCC1Cc2cc(OC)c(C)cc2CN1C. The Morgan fingerprint density at radius 2 is 2.20 bits per heavy atom. The summed E-state index contributed by atoms with van der Waals surface area (Å²) in [4.78, 5) is 13.4. The molecule has 0 radical (unpaired) electrons. The van der Waals surface area contributed by atoms with Gasteiger partial charge in [0.25, 0.3) is 0 Å². The van der Waals surface area contributed by atoms with Crippen LogP contribution >= 0.6 is 0 Å². The number of carbonyl (C=O) groups is 1. The molecule has 110 valence electrons. The molecule has 0 aromatic heterocycles. The van der Waals surface area contributed by atoms with E-state index in [0.717, 1.165) is 24.3 Å². The number of rotatable bonds is 3. The predicted octanol–water partition coefficient (Wildman–Crippen LogP) is 1.72. The molecule has 0 aliphatic carbocycles. The molecule has 1 aromatic rings. The average molecular weight is 278 g/mol. The molecular formula is C15H22N2O3. The van der Waals surface area contributed by atoms with Crippen LogP contribution in [0.5, 0.6) is 5.75 Å². The van der Waals surface area contributed by atoms with Crippen molar-refractivity contribution in [2.75, 3.05) is 27.8 Å². The first-order chi connectivity index (χ1) is 9.55. The maximum absolute atomic E-state index is 11.2. The zero-order valence-electron chi connectivity index (χ0n) is 12.5. The van der Waals surface area contributed by atoms with Crippen LogP contribution in [0.3, 0.4) is 0 Å². The molecule has 1 heterocycles. The number of likely N-dealkylation sites (N-methyl/N-ethyl adjacent to an activating group) is 1. The molecule has 0 saturated heterocycles. The molecule has 0 bridgehead atoms. The van der Waals surface area contributed by atoms with Gasteiger partial charge < -0.3 is 14.8 Å². The van der Waals surface area contributed by atoms with Gasteiger partial charge >= 0.3 is 6.09 Å². The predicted molar refractivity (Wildman–Crippen MR) is 77.1 cm³/mol. The van der Waals surface area contributed by atoms with Crippen LogP contribution in [0.25, 0.3) is 0 Å². The van der Waals surface area contributed by atoms with Crippen LogP contribution in [0.15, 0.2) is 12.1 Å². The van der Waals surface area contributed by atoms with Crippen LogP contribution in [-0.2, 0) is 17.7 Å². The maximum Gasteiger partial charge on any atom is 0.406 e. The summed E-state index contributed by atoms with van der Waals surface area (Å²) in [6, 6.07) is 4.48. The minimum atomic E-state index is -0.384. The summed E-state index contributed by atoms with van der Waals surface area (Å²) < 4.78 is 10.6. The summed E-state index contributed by atoms with van der Waals surface area (Å²) in [6.07, 6.45) is 0.477. The number of nitrogens with one attached hydrogen (secondary N) is 1. The molecule has 2 rings (SSSR count). The Bertz CT molecular complexity index is 502. The number of fused-ring (bicyclic) bond motifs is 1. The smallest absolute Gasteiger partial charge is 0.406 e. The molecule has 1 atom stereocenters. The molecule has 1 aliphatic heterocycles. The highest BCUT2D eigenvalue weighted by molar-refractivity contribution is 5.66. The van der Waals surface area contributed by atoms with Gasteiger partial charge in [0.15, 0.2) is 0 Å². The second-order valence-corrected chi connectivity index (χ2v) is 5.21. The standard InChI is InChI=1S/C15H22N2O3/c1-10-5-12-8-17(3)13(9-20-15(18)16-2)6-11(12)7-14(10)19-4/h5,7,13H,6,8-9H2,1-4H3,(H,16,18). The highest BCUT2D eigenvalue weighted by Crippen LogP contribution is 2.29. The number of aryl methyl sites for hydroxylation is 1. The molecule has 5 nitrogen and oxygen atoms in total. The van der Waals surface area contributed by atoms with E-state index < -0.39 is 0 Å². The van der Waals surface area contributed by atoms with Crippen LogP contribution in [-0.4, -0.2) is 44.8 Å². The third-order valence-electron chi connectivity index (χ3n) is 3.83. The number of ether oxygens (including phenoxy) is 2. The first-order valence-electron chi connectivity index (χ1n) is 6.76. The molecule has 0 fully saturated rings. The van der Waals surface area contributed by atoms with Gasteiger partial charge in [-0.3, -0.25) is 4.90 Å². The van der Waals surface area contributed by atoms with Gasteiger partial charge in [-0.25, -0.2) is 4.79 Å². The van der Waals surface area contributed by atoms with E-state index in [1.807, 2.05) is 0 Å². The number of hydrogen-bond acceptors (Lipinski definition) is 4. The van der Waals surface area contributed by atoms with E-state index in [1.165, 1.54) is 11.1 Å². The average Bonchev–Trinajstić information content (AvgIpc) is 2.44. The monoisotopic (exact) mass is 278 g/mol. The fourth-order valence-electron chi connectivity index (χ4n) is 2.58. The van der Waals surface area contributed by atoms with Crippen LogP contribution < -0.4 is 10.1 Å². The number of methoxy groups -OCH3 is 1. The molecule has 1 unspecified atom stereocenters. The largest absolute Gasteiger partial charge is 0.496 e. The van der Waals surface area contributed by atoms with Gasteiger partial charge in [0.2, 0.25) is 0 Å². The van der Waals surface area contributed by atoms with Crippen molar-refractivity contribution in [3.63, 3.8) is 0 Å². The number of hydrogen-bond donors (Lipinski definition) is 1. The summed E-state index contributed by atoms with van der Waals surface area (Å²) in [5, 5.41) is 2.46. The van der Waals surface area contributed by atoms with Crippen molar-refractivity contribution >= 4 is 6.09 Å². The Balaban J connectivity index is 2.13. The van der Waals surface area contributed by atoms with Crippen molar-refractivity contribution in [1.29, 1.82) is 0 Å². The van der Waals surface area contributed by atoms with Crippen LogP contribution in [0.2, 0.25) is 0 Å². The van der Waals surface area contributed by atoms with Gasteiger partial charge in [0.1, 0.15) is 12.4 Å². The Morgan fingerprint density at radius 1 is 1.45 bits per heavy atom. The van der Waals surface area contributed by atoms with Gasteiger partial charge in [-0.05, 0) is 43.1 Å². The van der Waals surface area contributed by atoms with Crippen LogP contribution in [0.4, 0.5) is 4.79 Å². The van der Waals surface area contributed by atoms with Crippen molar-refractivity contribution in [1.82, 2.24) is 10.2 Å². The summed E-state index contributed by atoms with van der Waals surface area (Å²) in [6.45, 7) is 3.31. The van der Waals surface area contributed by atoms with Crippen molar-refractivity contribution in [3.05, 3.63) is 28.8 Å². The van der Waals surface area contributed by atoms with Gasteiger partial charge in [0.05, 0.1) is 7.11 Å². The van der Waals surface area contributed by atoms with Crippen molar-refractivity contribution in [3.8, 4) is 5.75 Å². The van der Waals surface area contributed by atoms with E-state index in [4.69, 9.17) is 9.47 Å². The van der Waals surface area contributed by atoms with Crippen molar-refractivity contribution < 1.29 is 14.3 Å². The Morgan fingerprint density at radius 3 is 2.85 bits per heavy atom. The Kier molecular flexibility index (Phi) is 4.49. The highest BCUT2D eigenvalue weighted by atomic mass is 16.5. The number of carbonyl (C=O) groups excluding carboxylic acids is 1. The molecular weight excluding hydrogens is 256 g/mol. The van der Waals surface area contributed by atoms with E-state index >= 15 is 0 Å². The third-order valence-corrected chi connectivity index (χ3v) is 3.83. The lowest BCUT2D eigenvalue weighted by Gasteiger charge is -2.34. The number of alkyl carbamates (subject to hydrolysis) is 1. The lowest BCUT2D eigenvalue weighted by atomic mass is 9.93. The first kappa shape index (κ1) is 14.7. The molecule has 1 aromatic carbocycles. The third kappa shape index (κ3) is 3.04. The van der Waals surface area contributed by atoms with Gasteiger partial charge in [0, 0.05) is 19.6 Å². The fraction of sp³-hybridized carbons (Fsp3) is 0.533. The number of amides is 1. The minimum Gasteiger partial charge on any atom is -0.496 e. The van der Waals surface area contributed by atoms with E-state index in [1.54, 1.807) is 14.2 Å². The van der Waals surface area contributed by atoms with Crippen LogP contribution in [0.1, 0.15) is 16.7 Å². The molecule has 0 saturated carbocycles. The van der Waals surface area contributed by atoms with E-state index in [9.17, 15) is 4.79 Å². The zero-order chi connectivity index (χ0) is 14.7. The summed E-state index contributed by atoms with van der Waals surface area (Å²) >= 11 is 0. The quantitative estimate of drug-likeness (QED) is 0.914. The van der Waals surface area contributed by atoms with Crippen molar-refractivity contribution in [2.45, 2.75) is 25.9 Å². The van der Waals surface area contributed by atoms with E-state index in [-0.39, 0.29) is 12.1 Å². The lowest BCUT2D eigenvalue weighted by Crippen LogP contribution is -2.41. The Hall–Kier alpha value is -1.75. The first-order valence-corrected chi connectivity index (χ1v) is 6.76. The highest BCUT2D eigenvalue weighted by Gasteiger charge is 2.25. The summed E-state index contributed by atoms with van der Waals surface area (Å²) in [5.74, 6) is 0.916. The van der Waals surface area contributed by atoms with Gasteiger partial charge in [-0.15, -0.1) is 0 Å². The van der Waals surface area contributed by atoms with Gasteiger partial charge in [-0.1, -0.05) is 6.07 Å². The fourth-order valence-corrected chi connectivity index (χ4v) is 2.58. The second-order valence-electron chi connectivity index (χ2n) is 5.21. The second kappa shape index (κ2) is 6.13.